The van der Waals surface area contributed by atoms with Crippen LogP contribution in [0, 0.1) is 0 Å². The second-order valence-electron chi connectivity index (χ2n) is 3.80. The SMILES string of the molecule is CCOC(=O)C(O)(Cc1ccccn1)C(=O)OCC. The summed E-state index contributed by atoms with van der Waals surface area (Å²) in [5.74, 6) is -2.06. The standard InChI is InChI=1S/C13H17NO5/c1-3-18-11(15)13(17,12(16)19-4-2)9-10-7-5-6-8-14-10/h5-8,17H,3-4,9H2,1-2H3. The lowest BCUT2D eigenvalue weighted by Gasteiger charge is -2.23. The first kappa shape index (κ1) is 15.1. The van der Waals surface area contributed by atoms with Crippen LogP contribution < -0.4 is 0 Å². The lowest BCUT2D eigenvalue weighted by Crippen LogP contribution is -2.50. The predicted octanol–water partition coefficient (Wildman–Crippen LogP) is 0.481. The van der Waals surface area contributed by atoms with Gasteiger partial charge in [-0.2, -0.15) is 0 Å². The maximum atomic E-state index is 11.8. The van der Waals surface area contributed by atoms with Crippen molar-refractivity contribution in [2.24, 2.45) is 0 Å². The molecule has 0 aliphatic rings. The molecule has 0 aliphatic heterocycles. The highest BCUT2D eigenvalue weighted by molar-refractivity contribution is 6.03. The molecule has 0 radical (unpaired) electrons. The Labute approximate surface area is 111 Å². The number of pyridine rings is 1. The number of esters is 2. The molecular formula is C13H17NO5. The third kappa shape index (κ3) is 3.75. The highest BCUT2D eigenvalue weighted by atomic mass is 16.6. The van der Waals surface area contributed by atoms with Gasteiger partial charge in [-0.05, 0) is 26.0 Å². The fourth-order valence-corrected chi connectivity index (χ4v) is 1.49. The van der Waals surface area contributed by atoms with E-state index in [2.05, 4.69) is 4.98 Å². The fourth-order valence-electron chi connectivity index (χ4n) is 1.49. The van der Waals surface area contributed by atoms with Crippen molar-refractivity contribution in [2.75, 3.05) is 13.2 Å². The number of carbonyl (C=O) groups is 2. The molecule has 1 aromatic heterocycles. The van der Waals surface area contributed by atoms with Gasteiger partial charge in [-0.3, -0.25) is 4.98 Å². The second kappa shape index (κ2) is 6.84. The minimum atomic E-state index is -2.36. The van der Waals surface area contributed by atoms with Crippen LogP contribution in [-0.4, -0.2) is 40.8 Å². The molecule has 1 heterocycles. The average Bonchev–Trinajstić information content (AvgIpc) is 2.40. The monoisotopic (exact) mass is 267 g/mol. The third-order valence-corrected chi connectivity index (χ3v) is 2.39. The minimum absolute atomic E-state index is 0.0583. The highest BCUT2D eigenvalue weighted by Gasteiger charge is 2.47. The summed E-state index contributed by atoms with van der Waals surface area (Å²) in [5.41, 5.74) is -1.97. The molecule has 1 aromatic rings. The summed E-state index contributed by atoms with van der Waals surface area (Å²) in [7, 11) is 0. The Kier molecular flexibility index (Phi) is 5.44. The summed E-state index contributed by atoms with van der Waals surface area (Å²) in [6.45, 7) is 3.29. The van der Waals surface area contributed by atoms with Gasteiger partial charge in [-0.15, -0.1) is 0 Å². The predicted molar refractivity (Wildman–Crippen MR) is 66.2 cm³/mol. The van der Waals surface area contributed by atoms with Crippen molar-refractivity contribution in [3.63, 3.8) is 0 Å². The molecule has 0 amide bonds. The third-order valence-electron chi connectivity index (χ3n) is 2.39. The largest absolute Gasteiger partial charge is 0.463 e. The molecule has 0 unspecified atom stereocenters. The van der Waals surface area contributed by atoms with E-state index in [1.54, 1.807) is 32.0 Å². The Bertz CT molecular complexity index is 414. The van der Waals surface area contributed by atoms with Crippen molar-refractivity contribution < 1.29 is 24.2 Å². The van der Waals surface area contributed by atoms with Crippen molar-refractivity contribution in [2.45, 2.75) is 25.9 Å². The topological polar surface area (TPSA) is 85.7 Å². The fraction of sp³-hybridized carbons (Fsp3) is 0.462. The van der Waals surface area contributed by atoms with Gasteiger partial charge in [0.05, 0.1) is 13.2 Å². The highest BCUT2D eigenvalue weighted by Crippen LogP contribution is 2.16. The zero-order chi connectivity index (χ0) is 14.3. The molecule has 0 fully saturated rings. The van der Waals surface area contributed by atoms with Crippen LogP contribution in [0.25, 0.3) is 0 Å². The zero-order valence-electron chi connectivity index (χ0n) is 11.0. The number of hydrogen-bond donors (Lipinski definition) is 1. The van der Waals surface area contributed by atoms with E-state index in [-0.39, 0.29) is 19.6 Å². The molecule has 0 spiro atoms. The van der Waals surface area contributed by atoms with Crippen molar-refractivity contribution >= 4 is 11.9 Å². The summed E-state index contributed by atoms with van der Waals surface area (Å²) < 4.78 is 9.46. The Morgan fingerprint density at radius 3 is 2.21 bits per heavy atom. The van der Waals surface area contributed by atoms with E-state index in [1.807, 2.05) is 0 Å². The maximum absolute atomic E-state index is 11.8. The zero-order valence-corrected chi connectivity index (χ0v) is 11.0. The van der Waals surface area contributed by atoms with Crippen LogP contribution >= 0.6 is 0 Å². The summed E-state index contributed by atoms with van der Waals surface area (Å²) in [4.78, 5) is 27.5. The number of hydrogen-bond acceptors (Lipinski definition) is 6. The summed E-state index contributed by atoms with van der Waals surface area (Å²) in [6, 6.07) is 4.99. The minimum Gasteiger partial charge on any atom is -0.463 e. The van der Waals surface area contributed by atoms with Gasteiger partial charge in [0, 0.05) is 18.3 Å². The lowest BCUT2D eigenvalue weighted by atomic mass is 9.97. The van der Waals surface area contributed by atoms with Gasteiger partial charge in [-0.1, -0.05) is 6.07 Å². The first-order valence-electron chi connectivity index (χ1n) is 6.01. The number of ether oxygens (including phenoxy) is 2. The van der Waals surface area contributed by atoms with Crippen LogP contribution in [0.3, 0.4) is 0 Å². The van der Waals surface area contributed by atoms with E-state index in [0.29, 0.717) is 5.69 Å². The number of carbonyl (C=O) groups excluding carboxylic acids is 2. The number of aromatic nitrogens is 1. The van der Waals surface area contributed by atoms with Crippen LogP contribution in [0.2, 0.25) is 0 Å². The van der Waals surface area contributed by atoms with Crippen LogP contribution in [0.4, 0.5) is 0 Å². The molecule has 0 aromatic carbocycles. The van der Waals surface area contributed by atoms with Crippen molar-refractivity contribution in [1.82, 2.24) is 4.98 Å². The van der Waals surface area contributed by atoms with E-state index in [0.717, 1.165) is 0 Å². The van der Waals surface area contributed by atoms with Gasteiger partial charge < -0.3 is 14.6 Å². The normalized spacial score (nSPS) is 10.9. The van der Waals surface area contributed by atoms with Gasteiger partial charge in [0.1, 0.15) is 0 Å². The number of rotatable bonds is 6. The van der Waals surface area contributed by atoms with Crippen LogP contribution in [0.15, 0.2) is 24.4 Å². The molecule has 0 aliphatic carbocycles. The molecular weight excluding hydrogens is 250 g/mol. The summed E-state index contributed by atoms with van der Waals surface area (Å²) >= 11 is 0. The molecule has 104 valence electrons. The molecule has 0 saturated heterocycles. The maximum Gasteiger partial charge on any atom is 0.350 e. The molecule has 6 heteroatoms. The molecule has 1 rings (SSSR count). The van der Waals surface area contributed by atoms with E-state index in [4.69, 9.17) is 9.47 Å². The van der Waals surface area contributed by atoms with E-state index < -0.39 is 17.5 Å². The number of aliphatic hydroxyl groups is 1. The first-order chi connectivity index (χ1) is 9.04. The first-order valence-corrected chi connectivity index (χ1v) is 6.01. The van der Waals surface area contributed by atoms with Crippen molar-refractivity contribution in [1.29, 1.82) is 0 Å². The molecule has 19 heavy (non-hydrogen) atoms. The average molecular weight is 267 g/mol. The van der Waals surface area contributed by atoms with E-state index in [1.165, 1.54) is 6.20 Å². The van der Waals surface area contributed by atoms with Crippen LogP contribution in [0.5, 0.6) is 0 Å². The summed E-state index contributed by atoms with van der Waals surface area (Å²) in [5, 5.41) is 10.3. The Morgan fingerprint density at radius 2 is 1.79 bits per heavy atom. The van der Waals surface area contributed by atoms with Crippen LogP contribution in [-0.2, 0) is 25.5 Å². The molecule has 0 bridgehead atoms. The molecule has 1 N–H and O–H groups in total. The quantitative estimate of drug-likeness (QED) is 0.596. The van der Waals surface area contributed by atoms with Crippen LogP contribution in [0.1, 0.15) is 19.5 Å². The van der Waals surface area contributed by atoms with E-state index in [9.17, 15) is 14.7 Å². The molecule has 6 nitrogen and oxygen atoms in total. The summed E-state index contributed by atoms with van der Waals surface area (Å²) in [6.07, 6.45) is 1.22. The van der Waals surface area contributed by atoms with Gasteiger partial charge in [0.25, 0.3) is 5.60 Å². The molecule has 0 atom stereocenters. The smallest absolute Gasteiger partial charge is 0.350 e. The van der Waals surface area contributed by atoms with Crippen molar-refractivity contribution in [3.05, 3.63) is 30.1 Å². The Balaban J connectivity index is 2.98. The van der Waals surface area contributed by atoms with Gasteiger partial charge in [0.2, 0.25) is 0 Å². The second-order valence-corrected chi connectivity index (χ2v) is 3.80. The van der Waals surface area contributed by atoms with Crippen molar-refractivity contribution in [3.8, 4) is 0 Å². The van der Waals surface area contributed by atoms with Gasteiger partial charge in [0.15, 0.2) is 0 Å². The molecule has 0 saturated carbocycles. The van der Waals surface area contributed by atoms with Gasteiger partial charge in [-0.25, -0.2) is 9.59 Å². The van der Waals surface area contributed by atoms with E-state index >= 15 is 0 Å². The lowest BCUT2D eigenvalue weighted by molar-refractivity contribution is -0.183. The Hall–Kier alpha value is -1.95. The van der Waals surface area contributed by atoms with Gasteiger partial charge >= 0.3 is 11.9 Å². The Morgan fingerprint density at radius 1 is 1.21 bits per heavy atom. The number of nitrogens with zero attached hydrogens (tertiary/aromatic N) is 1.